The minimum absolute atomic E-state index is 0.148. The van der Waals surface area contributed by atoms with Crippen LogP contribution in [0.3, 0.4) is 0 Å². The van der Waals surface area contributed by atoms with Gasteiger partial charge in [0.1, 0.15) is 12.0 Å². The number of rotatable bonds is 6. The van der Waals surface area contributed by atoms with Gasteiger partial charge in [-0.15, -0.1) is 0 Å². The normalized spacial score (nSPS) is 14.4. The van der Waals surface area contributed by atoms with Crippen molar-refractivity contribution >= 4 is 11.4 Å². The highest BCUT2D eigenvalue weighted by Gasteiger charge is 2.21. The number of aromatic amines is 1. The van der Waals surface area contributed by atoms with Crippen molar-refractivity contribution in [2.45, 2.75) is 6.92 Å². The van der Waals surface area contributed by atoms with Crippen molar-refractivity contribution in [3.05, 3.63) is 78.3 Å². The molecule has 5 rings (SSSR count). The van der Waals surface area contributed by atoms with Crippen LogP contribution in [-0.4, -0.2) is 60.2 Å². The number of aryl methyl sites for hydroxylation is 1. The van der Waals surface area contributed by atoms with Gasteiger partial charge in [0.25, 0.3) is 0 Å². The van der Waals surface area contributed by atoms with Gasteiger partial charge < -0.3 is 10.1 Å². The van der Waals surface area contributed by atoms with Gasteiger partial charge in [0.15, 0.2) is 5.52 Å². The predicted octanol–water partition coefficient (Wildman–Crippen LogP) is 2.99. The maximum atomic E-state index is 13.8. The number of H-pyrrole nitrogens is 1. The average molecular weight is 461 g/mol. The molecular formula is C26H27FN5O2+. The van der Waals surface area contributed by atoms with Crippen LogP contribution < -0.4 is 9.72 Å². The summed E-state index contributed by atoms with van der Waals surface area (Å²) in [6.07, 6.45) is 5.43. The van der Waals surface area contributed by atoms with Crippen molar-refractivity contribution in [1.29, 1.82) is 0 Å². The van der Waals surface area contributed by atoms with Gasteiger partial charge in [-0.05, 0) is 54.4 Å². The minimum Gasteiger partial charge on any atom is -0.379 e. The second-order valence-electron chi connectivity index (χ2n) is 8.42. The molecule has 8 heteroatoms. The van der Waals surface area contributed by atoms with E-state index in [1.807, 2.05) is 47.1 Å². The molecule has 0 radical (unpaired) electrons. The first-order valence-corrected chi connectivity index (χ1v) is 11.4. The zero-order chi connectivity index (χ0) is 23.5. The number of fused-ring (bicyclic) bond motifs is 1. The van der Waals surface area contributed by atoms with E-state index in [1.54, 1.807) is 19.2 Å². The minimum atomic E-state index is -0.234. The molecule has 0 bridgehead atoms. The molecule has 0 saturated carbocycles. The highest BCUT2D eigenvalue weighted by Crippen LogP contribution is 2.31. The number of ether oxygens (including phenoxy) is 1. The maximum Gasteiger partial charge on any atom is 0.350 e. The molecule has 3 aromatic heterocycles. The Labute approximate surface area is 197 Å². The molecule has 1 aromatic carbocycles. The van der Waals surface area contributed by atoms with Crippen molar-refractivity contribution in [3.63, 3.8) is 0 Å². The van der Waals surface area contributed by atoms with Gasteiger partial charge >= 0.3 is 11.7 Å². The molecule has 0 atom stereocenters. The van der Waals surface area contributed by atoms with Gasteiger partial charge in [0.05, 0.1) is 25.1 Å². The molecule has 1 amide bonds. The summed E-state index contributed by atoms with van der Waals surface area (Å²) in [7, 11) is 0. The third kappa shape index (κ3) is 4.55. The van der Waals surface area contributed by atoms with Crippen LogP contribution in [0, 0.1) is 12.7 Å². The van der Waals surface area contributed by atoms with E-state index >= 15 is 0 Å². The van der Waals surface area contributed by atoms with Crippen LogP contribution in [-0.2, 0) is 4.74 Å². The van der Waals surface area contributed by atoms with E-state index in [0.29, 0.717) is 17.9 Å². The molecule has 1 fully saturated rings. The Hall–Kier alpha value is -3.62. The van der Waals surface area contributed by atoms with Gasteiger partial charge in [-0.3, -0.25) is 14.7 Å². The number of nitrogens with one attached hydrogen (secondary N) is 2. The fourth-order valence-corrected chi connectivity index (χ4v) is 4.28. The molecule has 1 saturated heterocycles. The first-order valence-electron chi connectivity index (χ1n) is 11.4. The highest BCUT2D eigenvalue weighted by molar-refractivity contribution is 5.89. The molecular weight excluding hydrogens is 433 g/mol. The summed E-state index contributed by atoms with van der Waals surface area (Å²) >= 11 is 0. The summed E-state index contributed by atoms with van der Waals surface area (Å²) in [5.41, 5.74) is 4.98. The molecule has 34 heavy (non-hydrogen) atoms. The smallest absolute Gasteiger partial charge is 0.350 e. The van der Waals surface area contributed by atoms with Crippen molar-refractivity contribution in [2.75, 3.05) is 39.4 Å². The average Bonchev–Trinajstić information content (AvgIpc) is 3.30. The predicted molar refractivity (Wildman–Crippen MR) is 127 cm³/mol. The highest BCUT2D eigenvalue weighted by atomic mass is 19.1. The largest absolute Gasteiger partial charge is 0.379 e. The molecule has 0 aliphatic carbocycles. The lowest BCUT2D eigenvalue weighted by Crippen LogP contribution is -2.42. The van der Waals surface area contributed by atoms with E-state index < -0.39 is 0 Å². The number of carbonyl (C=O) groups excluding carboxylic acids is 1. The number of nitrogens with zero attached hydrogens (tertiary/aromatic N) is 3. The number of morpholine rings is 1. The van der Waals surface area contributed by atoms with Crippen LogP contribution >= 0.6 is 0 Å². The fourth-order valence-electron chi connectivity index (χ4n) is 4.28. The summed E-state index contributed by atoms with van der Waals surface area (Å²) in [4.78, 5) is 22.7. The first-order chi connectivity index (χ1) is 16.6. The lowest BCUT2D eigenvalue weighted by Gasteiger charge is -2.26. The molecule has 4 aromatic rings. The maximum absolute atomic E-state index is 13.8. The Balaban J connectivity index is 1.37. The molecule has 1 aliphatic heterocycles. The van der Waals surface area contributed by atoms with E-state index in [1.165, 1.54) is 6.07 Å². The second kappa shape index (κ2) is 9.70. The van der Waals surface area contributed by atoms with Crippen LogP contribution in [0.25, 0.3) is 27.9 Å². The number of halogens is 1. The Morgan fingerprint density at radius 1 is 1.21 bits per heavy atom. The van der Waals surface area contributed by atoms with Crippen LogP contribution in [0.1, 0.15) is 16.2 Å². The monoisotopic (exact) mass is 460 g/mol. The van der Waals surface area contributed by atoms with Gasteiger partial charge in [0.2, 0.25) is 0 Å². The zero-order valence-corrected chi connectivity index (χ0v) is 19.1. The topological polar surface area (TPSA) is 74.3 Å². The van der Waals surface area contributed by atoms with Crippen LogP contribution in [0.15, 0.2) is 61.1 Å². The van der Waals surface area contributed by atoms with Gasteiger partial charge in [0, 0.05) is 43.5 Å². The third-order valence-corrected chi connectivity index (χ3v) is 6.16. The van der Waals surface area contributed by atoms with Crippen LogP contribution in [0.2, 0.25) is 0 Å². The van der Waals surface area contributed by atoms with Crippen molar-refractivity contribution in [2.24, 2.45) is 0 Å². The van der Waals surface area contributed by atoms with Crippen LogP contribution in [0.4, 0.5) is 4.39 Å². The molecule has 174 valence electrons. The summed E-state index contributed by atoms with van der Waals surface area (Å²) in [5.74, 6) is 0.0936. The number of amides is 1. The number of hydrogen-bond acceptors (Lipinski definition) is 4. The Kier molecular flexibility index (Phi) is 6.33. The number of pyridine rings is 2. The van der Waals surface area contributed by atoms with Gasteiger partial charge in [-0.25, -0.2) is 9.37 Å². The summed E-state index contributed by atoms with van der Waals surface area (Å²) in [6, 6.07) is 12.9. The molecule has 7 nitrogen and oxygen atoms in total. The zero-order valence-electron chi connectivity index (χ0n) is 19.1. The molecule has 4 heterocycles. The standard InChI is InChI=1S/C26H26FN5O2/c1-18-15-20(4-5-23(18)27)24-22(3-2-7-28-24)19-6-9-32-21(16-19)17-30-25(32)26(33)29-8-10-31-11-13-34-14-12-31/h2-7,9,15-17H,8,10-14H2,1H3,(H,29,33)/p+1. The Bertz CT molecular complexity index is 1330. The van der Waals surface area contributed by atoms with Crippen LogP contribution in [0.5, 0.6) is 0 Å². The molecule has 2 N–H and O–H groups in total. The molecule has 0 spiro atoms. The number of hydrogen-bond donors (Lipinski definition) is 2. The van der Waals surface area contributed by atoms with E-state index in [2.05, 4.69) is 20.2 Å². The first kappa shape index (κ1) is 22.2. The molecule has 0 unspecified atom stereocenters. The lowest BCUT2D eigenvalue weighted by atomic mass is 9.99. The third-order valence-electron chi connectivity index (χ3n) is 6.16. The SMILES string of the molecule is Cc1cc(-c2ncccc2-c2cc[n+]3c(C(=O)NCCN4CCOCC4)[nH]cc3c2)ccc1F. The van der Waals surface area contributed by atoms with Crippen molar-refractivity contribution < 1.29 is 18.3 Å². The van der Waals surface area contributed by atoms with Gasteiger partial charge in [-0.1, -0.05) is 6.07 Å². The van der Waals surface area contributed by atoms with E-state index in [0.717, 1.165) is 60.7 Å². The summed E-state index contributed by atoms with van der Waals surface area (Å²) in [6.45, 7) is 6.40. The Morgan fingerprint density at radius 2 is 2.06 bits per heavy atom. The van der Waals surface area contributed by atoms with Crippen molar-refractivity contribution in [3.8, 4) is 22.4 Å². The fraction of sp³-hybridized carbons (Fsp3) is 0.269. The Morgan fingerprint density at radius 3 is 2.88 bits per heavy atom. The number of benzene rings is 1. The van der Waals surface area contributed by atoms with E-state index in [4.69, 9.17) is 4.74 Å². The quantitative estimate of drug-likeness (QED) is 0.434. The number of carbonyl (C=O) groups is 1. The number of imidazole rings is 1. The second-order valence-corrected chi connectivity index (χ2v) is 8.42. The molecule has 1 aliphatic rings. The summed E-state index contributed by atoms with van der Waals surface area (Å²) in [5, 5.41) is 3.00. The number of aromatic nitrogens is 3. The summed E-state index contributed by atoms with van der Waals surface area (Å²) < 4.78 is 21.0. The van der Waals surface area contributed by atoms with Gasteiger partial charge in [-0.2, -0.15) is 4.40 Å². The lowest BCUT2D eigenvalue weighted by molar-refractivity contribution is -0.514. The van der Waals surface area contributed by atoms with E-state index in [-0.39, 0.29) is 11.7 Å². The van der Waals surface area contributed by atoms with E-state index in [9.17, 15) is 9.18 Å². The van der Waals surface area contributed by atoms with Crippen molar-refractivity contribution in [1.82, 2.24) is 20.2 Å².